The number of hydrogen-bond donors (Lipinski definition) is 3. The number of aromatic nitrogens is 1. The van der Waals surface area contributed by atoms with Crippen LogP contribution in [-0.4, -0.2) is 29.3 Å². The summed E-state index contributed by atoms with van der Waals surface area (Å²) in [6.45, 7) is 1.54. The number of hydrogen-bond acceptors (Lipinski definition) is 3. The van der Waals surface area contributed by atoms with E-state index in [1.54, 1.807) is 25.3 Å². The fraction of sp³-hybridized carbons (Fsp3) is 0.333. The number of Topliss-reactive ketones (excluding diaryl/α,β-unsaturated/α-hetero) is 1. The van der Waals surface area contributed by atoms with Crippen LogP contribution in [0.1, 0.15) is 17.4 Å². The first-order valence-corrected chi connectivity index (χ1v) is 4.31. The Hall–Kier alpha value is -1.62. The number of carbonyl (C=O) groups is 2. The number of rotatable bonds is 4. The van der Waals surface area contributed by atoms with Gasteiger partial charge in [0.1, 0.15) is 0 Å². The highest BCUT2D eigenvalue weighted by molar-refractivity contribution is 5.98. The maximum atomic E-state index is 11.3. The van der Waals surface area contributed by atoms with Gasteiger partial charge in [-0.1, -0.05) is 0 Å². The zero-order valence-electron chi connectivity index (χ0n) is 7.91. The standard InChI is InChI=1S/C9H13N3O2/c1-6(10)9(14)12-5-8(13)7-3-2-4-11-7/h2-4,6,11H,5,10H2,1H3,(H,12,14)/t6-/m0/s1. The highest BCUT2D eigenvalue weighted by Gasteiger charge is 2.10. The number of nitrogens with two attached hydrogens (primary N) is 1. The molecule has 0 aromatic carbocycles. The molecule has 14 heavy (non-hydrogen) atoms. The molecule has 1 aromatic rings. The van der Waals surface area contributed by atoms with Crippen molar-refractivity contribution in [3.63, 3.8) is 0 Å². The average molecular weight is 195 g/mol. The summed E-state index contributed by atoms with van der Waals surface area (Å²) in [6.07, 6.45) is 1.65. The molecule has 0 unspecified atom stereocenters. The maximum absolute atomic E-state index is 11.3. The Balaban J connectivity index is 2.40. The van der Waals surface area contributed by atoms with Gasteiger partial charge in [-0.05, 0) is 19.1 Å². The van der Waals surface area contributed by atoms with Crippen molar-refractivity contribution in [2.24, 2.45) is 5.73 Å². The zero-order chi connectivity index (χ0) is 10.6. The molecule has 1 atom stereocenters. The molecule has 0 fully saturated rings. The van der Waals surface area contributed by atoms with Crippen LogP contribution in [-0.2, 0) is 4.79 Å². The molecule has 0 saturated carbocycles. The lowest BCUT2D eigenvalue weighted by Crippen LogP contribution is -2.40. The molecule has 5 nitrogen and oxygen atoms in total. The van der Waals surface area contributed by atoms with Gasteiger partial charge in [0, 0.05) is 6.20 Å². The second-order valence-corrected chi connectivity index (χ2v) is 3.01. The van der Waals surface area contributed by atoms with Gasteiger partial charge in [0.05, 0.1) is 18.3 Å². The predicted molar refractivity (Wildman–Crippen MR) is 51.8 cm³/mol. The van der Waals surface area contributed by atoms with Crippen LogP contribution >= 0.6 is 0 Å². The third-order valence-electron chi connectivity index (χ3n) is 1.74. The monoisotopic (exact) mass is 195 g/mol. The van der Waals surface area contributed by atoms with Crippen LogP contribution in [0.15, 0.2) is 18.3 Å². The van der Waals surface area contributed by atoms with Crippen LogP contribution in [0.3, 0.4) is 0 Å². The van der Waals surface area contributed by atoms with Gasteiger partial charge in [0.15, 0.2) is 5.78 Å². The summed E-state index contributed by atoms with van der Waals surface area (Å²) in [5.74, 6) is -0.492. The smallest absolute Gasteiger partial charge is 0.237 e. The molecule has 0 aliphatic carbocycles. The Morgan fingerprint density at radius 2 is 2.36 bits per heavy atom. The first-order chi connectivity index (χ1) is 6.61. The van der Waals surface area contributed by atoms with E-state index in [2.05, 4.69) is 10.3 Å². The van der Waals surface area contributed by atoms with Crippen LogP contribution in [0.5, 0.6) is 0 Å². The summed E-state index contributed by atoms with van der Waals surface area (Å²) in [4.78, 5) is 25.1. The van der Waals surface area contributed by atoms with Gasteiger partial charge in [0.25, 0.3) is 0 Å². The number of amides is 1. The maximum Gasteiger partial charge on any atom is 0.237 e. The van der Waals surface area contributed by atoms with Crippen molar-refractivity contribution in [2.45, 2.75) is 13.0 Å². The van der Waals surface area contributed by atoms with Crippen molar-refractivity contribution < 1.29 is 9.59 Å². The molecule has 0 saturated heterocycles. The van der Waals surface area contributed by atoms with Gasteiger partial charge in [-0.3, -0.25) is 9.59 Å². The summed E-state index contributed by atoms with van der Waals surface area (Å²) in [7, 11) is 0. The summed E-state index contributed by atoms with van der Waals surface area (Å²) in [5, 5.41) is 2.44. The largest absolute Gasteiger partial charge is 0.359 e. The summed E-state index contributed by atoms with van der Waals surface area (Å²) >= 11 is 0. The van der Waals surface area contributed by atoms with Crippen molar-refractivity contribution in [3.8, 4) is 0 Å². The minimum atomic E-state index is -0.591. The van der Waals surface area contributed by atoms with Crippen LogP contribution in [0, 0.1) is 0 Å². The lowest BCUT2D eigenvalue weighted by molar-refractivity contribution is -0.121. The number of aromatic amines is 1. The van der Waals surface area contributed by atoms with Crippen molar-refractivity contribution in [1.29, 1.82) is 0 Å². The molecular formula is C9H13N3O2. The van der Waals surface area contributed by atoms with E-state index >= 15 is 0 Å². The Kier molecular flexibility index (Phi) is 3.41. The first kappa shape index (κ1) is 10.5. The van der Waals surface area contributed by atoms with Gasteiger partial charge in [-0.15, -0.1) is 0 Å². The predicted octanol–water partition coefficient (Wildman–Crippen LogP) is -0.339. The third-order valence-corrected chi connectivity index (χ3v) is 1.74. The van der Waals surface area contributed by atoms with Gasteiger partial charge < -0.3 is 16.0 Å². The molecule has 4 N–H and O–H groups in total. The highest BCUT2D eigenvalue weighted by atomic mass is 16.2. The minimum Gasteiger partial charge on any atom is -0.359 e. The summed E-state index contributed by atoms with van der Waals surface area (Å²) in [5.41, 5.74) is 5.79. The molecule has 0 radical (unpaired) electrons. The molecular weight excluding hydrogens is 182 g/mol. The van der Waals surface area contributed by atoms with Crippen LogP contribution < -0.4 is 11.1 Å². The van der Waals surface area contributed by atoms with Gasteiger partial charge in [-0.25, -0.2) is 0 Å². The topological polar surface area (TPSA) is 88.0 Å². The van der Waals surface area contributed by atoms with Crippen molar-refractivity contribution in [2.75, 3.05) is 6.54 Å². The number of carbonyl (C=O) groups excluding carboxylic acids is 2. The van der Waals surface area contributed by atoms with E-state index < -0.39 is 6.04 Å². The molecule has 5 heteroatoms. The van der Waals surface area contributed by atoms with E-state index in [1.807, 2.05) is 0 Å². The molecule has 0 spiro atoms. The fourth-order valence-electron chi connectivity index (χ4n) is 0.927. The lowest BCUT2D eigenvalue weighted by atomic mass is 10.2. The lowest BCUT2D eigenvalue weighted by Gasteiger charge is -2.05. The molecule has 1 rings (SSSR count). The van der Waals surface area contributed by atoms with Gasteiger partial charge >= 0.3 is 0 Å². The SMILES string of the molecule is C[C@H](N)C(=O)NCC(=O)c1ccc[nH]1. The van der Waals surface area contributed by atoms with Crippen molar-refractivity contribution >= 4 is 11.7 Å². The van der Waals surface area contributed by atoms with Crippen LogP contribution in [0.25, 0.3) is 0 Å². The molecule has 0 aliphatic heterocycles. The zero-order valence-corrected chi connectivity index (χ0v) is 7.91. The quantitative estimate of drug-likeness (QED) is 0.574. The van der Waals surface area contributed by atoms with E-state index in [9.17, 15) is 9.59 Å². The van der Waals surface area contributed by atoms with E-state index in [4.69, 9.17) is 5.73 Å². The summed E-state index contributed by atoms with van der Waals surface area (Å²) in [6, 6.07) is 2.78. The second-order valence-electron chi connectivity index (χ2n) is 3.01. The normalized spacial score (nSPS) is 12.1. The molecule has 1 amide bonds. The number of ketones is 1. The molecule has 0 aliphatic rings. The molecule has 1 heterocycles. The first-order valence-electron chi connectivity index (χ1n) is 4.31. The molecule has 1 aromatic heterocycles. The van der Waals surface area contributed by atoms with E-state index in [-0.39, 0.29) is 18.2 Å². The van der Waals surface area contributed by atoms with E-state index in [0.29, 0.717) is 5.69 Å². The number of H-pyrrole nitrogens is 1. The Labute approximate surface area is 81.7 Å². The van der Waals surface area contributed by atoms with Gasteiger partial charge in [0.2, 0.25) is 5.91 Å². The summed E-state index contributed by atoms with van der Waals surface area (Å²) < 4.78 is 0. The Bertz CT molecular complexity index is 317. The van der Waals surface area contributed by atoms with Crippen molar-refractivity contribution in [1.82, 2.24) is 10.3 Å². The highest BCUT2D eigenvalue weighted by Crippen LogP contribution is 1.94. The van der Waals surface area contributed by atoms with E-state index in [1.165, 1.54) is 0 Å². The Morgan fingerprint density at radius 1 is 1.64 bits per heavy atom. The van der Waals surface area contributed by atoms with Crippen molar-refractivity contribution in [3.05, 3.63) is 24.0 Å². The molecule has 0 bridgehead atoms. The van der Waals surface area contributed by atoms with E-state index in [0.717, 1.165) is 0 Å². The fourth-order valence-corrected chi connectivity index (χ4v) is 0.927. The average Bonchev–Trinajstić information content (AvgIpc) is 2.66. The van der Waals surface area contributed by atoms with Gasteiger partial charge in [-0.2, -0.15) is 0 Å². The van der Waals surface area contributed by atoms with Crippen LogP contribution in [0.2, 0.25) is 0 Å². The third kappa shape index (κ3) is 2.70. The second kappa shape index (κ2) is 4.57. The minimum absolute atomic E-state index is 0.0269. The van der Waals surface area contributed by atoms with Crippen LogP contribution in [0.4, 0.5) is 0 Å². The Morgan fingerprint density at radius 3 is 2.86 bits per heavy atom. The molecule has 76 valence electrons. The number of nitrogens with one attached hydrogen (secondary N) is 2.